The molecule has 3 heteroatoms. The van der Waals surface area contributed by atoms with Gasteiger partial charge in [0.2, 0.25) is 0 Å². The van der Waals surface area contributed by atoms with Gasteiger partial charge in [-0.15, -0.1) is 0 Å². The smallest absolute Gasteiger partial charge is 0.131 e. The van der Waals surface area contributed by atoms with Crippen LogP contribution in [0, 0.1) is 35.5 Å². The molecule has 2 saturated heterocycles. The summed E-state index contributed by atoms with van der Waals surface area (Å²) >= 11 is 0. The SMILES string of the molecule is CC(C)C1(C(C)C)OC1(C(C)C)C(OC(c1ccccc1)C1(C(C)C)OC1(C(C)C)C(C)C)c1ccccc1. The maximum atomic E-state index is 7.66. The molecule has 0 saturated carbocycles. The Kier molecular flexibility index (Phi) is 8.25. The Labute approximate surface area is 239 Å². The molecule has 2 aromatic rings. The van der Waals surface area contributed by atoms with E-state index < -0.39 is 11.2 Å². The lowest BCUT2D eigenvalue weighted by atomic mass is 9.66. The summed E-state index contributed by atoms with van der Waals surface area (Å²) in [6.07, 6.45) is -0.490. The van der Waals surface area contributed by atoms with Gasteiger partial charge >= 0.3 is 0 Å². The fourth-order valence-corrected chi connectivity index (χ4v) is 8.62. The Balaban J connectivity index is 1.95. The summed E-state index contributed by atoms with van der Waals surface area (Å²) in [7, 11) is 0. The van der Waals surface area contributed by atoms with Gasteiger partial charge in [0.15, 0.2) is 0 Å². The molecule has 4 unspecified atom stereocenters. The number of ether oxygens (including phenoxy) is 3. The van der Waals surface area contributed by atoms with E-state index in [4.69, 9.17) is 14.2 Å². The molecule has 2 aromatic carbocycles. The molecular weight excluding hydrogens is 480 g/mol. The van der Waals surface area contributed by atoms with Crippen molar-refractivity contribution in [3.8, 4) is 0 Å². The third kappa shape index (κ3) is 4.25. The molecular formula is C36H54O3. The minimum Gasteiger partial charge on any atom is -0.359 e. The van der Waals surface area contributed by atoms with Gasteiger partial charge in [-0.05, 0) is 46.6 Å². The van der Waals surface area contributed by atoms with E-state index >= 15 is 0 Å². The fourth-order valence-electron chi connectivity index (χ4n) is 8.62. The quantitative estimate of drug-likeness (QED) is 0.254. The molecule has 2 fully saturated rings. The van der Waals surface area contributed by atoms with Gasteiger partial charge in [0.25, 0.3) is 0 Å². The highest BCUT2D eigenvalue weighted by Gasteiger charge is 2.80. The number of hydrogen-bond donors (Lipinski definition) is 0. The maximum absolute atomic E-state index is 7.66. The Morgan fingerprint density at radius 3 is 0.872 bits per heavy atom. The van der Waals surface area contributed by atoms with Gasteiger partial charge in [-0.25, -0.2) is 0 Å². The first-order valence-corrected chi connectivity index (χ1v) is 15.4. The van der Waals surface area contributed by atoms with E-state index in [9.17, 15) is 0 Å². The minimum atomic E-state index is -0.449. The molecule has 39 heavy (non-hydrogen) atoms. The van der Waals surface area contributed by atoms with Gasteiger partial charge in [0.1, 0.15) is 34.6 Å². The van der Waals surface area contributed by atoms with Crippen molar-refractivity contribution >= 4 is 0 Å². The summed E-state index contributed by atoms with van der Waals surface area (Å²) in [5.41, 5.74) is 0.908. The van der Waals surface area contributed by atoms with Gasteiger partial charge in [-0.3, -0.25) is 0 Å². The minimum absolute atomic E-state index is 0.245. The summed E-state index contributed by atoms with van der Waals surface area (Å²) in [6.45, 7) is 27.7. The normalized spacial score (nSPS) is 27.1. The van der Waals surface area contributed by atoms with Crippen LogP contribution in [0.4, 0.5) is 0 Å². The molecule has 3 nitrogen and oxygen atoms in total. The van der Waals surface area contributed by atoms with Gasteiger partial charge in [-0.1, -0.05) is 144 Å². The van der Waals surface area contributed by atoms with Crippen molar-refractivity contribution < 1.29 is 14.2 Å². The van der Waals surface area contributed by atoms with Crippen LogP contribution in [-0.4, -0.2) is 22.4 Å². The van der Waals surface area contributed by atoms with Crippen LogP contribution in [0.2, 0.25) is 0 Å². The van der Waals surface area contributed by atoms with E-state index in [1.807, 2.05) is 0 Å². The molecule has 0 spiro atoms. The van der Waals surface area contributed by atoms with Crippen LogP contribution in [0.15, 0.2) is 60.7 Å². The van der Waals surface area contributed by atoms with Gasteiger partial charge in [-0.2, -0.15) is 0 Å². The number of rotatable bonds is 12. The van der Waals surface area contributed by atoms with Crippen molar-refractivity contribution in [3.63, 3.8) is 0 Å². The second-order valence-electron chi connectivity index (χ2n) is 14.0. The first-order chi connectivity index (χ1) is 18.3. The Hall–Kier alpha value is -1.68. The summed E-state index contributed by atoms with van der Waals surface area (Å²) < 4.78 is 21.9. The van der Waals surface area contributed by atoms with Crippen molar-refractivity contribution in [2.45, 2.75) is 118 Å². The molecule has 2 heterocycles. The zero-order chi connectivity index (χ0) is 29.0. The molecule has 4 atom stereocenters. The average molecular weight is 535 g/mol. The Bertz CT molecular complexity index is 983. The van der Waals surface area contributed by atoms with E-state index in [1.54, 1.807) is 0 Å². The molecule has 4 rings (SSSR count). The number of benzene rings is 2. The zero-order valence-corrected chi connectivity index (χ0v) is 26.6. The predicted octanol–water partition coefficient (Wildman–Crippen LogP) is 9.44. The van der Waals surface area contributed by atoms with Gasteiger partial charge in [0, 0.05) is 0 Å². The topological polar surface area (TPSA) is 34.3 Å². The van der Waals surface area contributed by atoms with E-state index in [1.165, 1.54) is 11.1 Å². The first kappa shape index (κ1) is 30.3. The maximum Gasteiger partial charge on any atom is 0.131 e. The predicted molar refractivity (Wildman–Crippen MR) is 162 cm³/mol. The summed E-state index contributed by atoms with van der Waals surface area (Å²) in [5.74, 6) is 1.94. The summed E-state index contributed by atoms with van der Waals surface area (Å²) in [4.78, 5) is 0. The van der Waals surface area contributed by atoms with Crippen LogP contribution in [0.1, 0.15) is 106 Å². The summed E-state index contributed by atoms with van der Waals surface area (Å²) in [5, 5.41) is 0. The van der Waals surface area contributed by atoms with E-state index in [2.05, 4.69) is 144 Å². The lowest BCUT2D eigenvalue weighted by Gasteiger charge is -2.41. The number of hydrogen-bond acceptors (Lipinski definition) is 3. The van der Waals surface area contributed by atoms with E-state index in [0.717, 1.165) is 0 Å². The van der Waals surface area contributed by atoms with E-state index in [0.29, 0.717) is 23.7 Å². The monoisotopic (exact) mass is 534 g/mol. The highest BCUT2D eigenvalue weighted by molar-refractivity contribution is 5.35. The molecule has 2 aliphatic rings. The molecule has 0 aliphatic carbocycles. The van der Waals surface area contributed by atoms with Crippen LogP contribution < -0.4 is 0 Å². The molecule has 216 valence electrons. The highest BCUT2D eigenvalue weighted by atomic mass is 16.7. The van der Waals surface area contributed by atoms with Crippen molar-refractivity contribution in [1.82, 2.24) is 0 Å². The van der Waals surface area contributed by atoms with Crippen LogP contribution in [0.5, 0.6) is 0 Å². The van der Waals surface area contributed by atoms with Crippen molar-refractivity contribution in [2.24, 2.45) is 35.5 Å². The Morgan fingerprint density at radius 1 is 0.410 bits per heavy atom. The van der Waals surface area contributed by atoms with Crippen molar-refractivity contribution in [2.75, 3.05) is 0 Å². The third-order valence-electron chi connectivity index (χ3n) is 10.2. The average Bonchev–Trinajstić information content (AvgIpc) is 3.77. The molecule has 0 radical (unpaired) electrons. The fraction of sp³-hybridized carbons (Fsp3) is 0.667. The zero-order valence-electron chi connectivity index (χ0n) is 26.6. The van der Waals surface area contributed by atoms with Gasteiger partial charge < -0.3 is 14.2 Å². The lowest BCUT2D eigenvalue weighted by molar-refractivity contribution is -0.110. The standard InChI is InChI=1S/C36H54O3/c1-23(2)33(24(3)4)35(38-33,27(9)10)31(29-19-15-13-16-20-29)37-32(30-21-17-14-18-22-30)36(28(11)12)34(39-36,25(5)6)26(7)8/h13-28,31-32H,1-12H3. The number of epoxide rings is 2. The highest BCUT2D eigenvalue weighted by Crippen LogP contribution is 2.71. The van der Waals surface area contributed by atoms with Crippen LogP contribution >= 0.6 is 0 Å². The largest absolute Gasteiger partial charge is 0.359 e. The molecule has 0 bridgehead atoms. The Morgan fingerprint density at radius 2 is 0.667 bits per heavy atom. The third-order valence-corrected chi connectivity index (χ3v) is 10.2. The van der Waals surface area contributed by atoms with Crippen molar-refractivity contribution in [3.05, 3.63) is 71.8 Å². The van der Waals surface area contributed by atoms with Crippen LogP contribution in [-0.2, 0) is 14.2 Å². The second-order valence-corrected chi connectivity index (χ2v) is 14.0. The lowest BCUT2D eigenvalue weighted by Crippen LogP contribution is -2.48. The molecule has 0 N–H and O–H groups in total. The second kappa shape index (κ2) is 10.6. The summed E-state index contributed by atoms with van der Waals surface area (Å²) in [6, 6.07) is 21.6. The molecule has 0 amide bonds. The van der Waals surface area contributed by atoms with Crippen LogP contribution in [0.3, 0.4) is 0 Å². The van der Waals surface area contributed by atoms with Crippen molar-refractivity contribution in [1.29, 1.82) is 0 Å². The molecule has 2 aliphatic heterocycles. The van der Waals surface area contributed by atoms with E-state index in [-0.39, 0.29) is 35.2 Å². The molecule has 0 aromatic heterocycles. The first-order valence-electron chi connectivity index (χ1n) is 15.4. The van der Waals surface area contributed by atoms with Crippen LogP contribution in [0.25, 0.3) is 0 Å². The van der Waals surface area contributed by atoms with Gasteiger partial charge in [0.05, 0.1) is 0 Å².